The van der Waals surface area contributed by atoms with Crippen molar-refractivity contribution in [3.63, 3.8) is 0 Å². The summed E-state index contributed by atoms with van der Waals surface area (Å²) in [6.45, 7) is 3.70. The zero-order chi connectivity index (χ0) is 13.6. The van der Waals surface area contributed by atoms with Crippen LogP contribution >= 0.6 is 0 Å². The molecular formula is C11H10N6O2. The summed E-state index contributed by atoms with van der Waals surface area (Å²) in [7, 11) is 0. The van der Waals surface area contributed by atoms with Gasteiger partial charge in [-0.25, -0.2) is 19.7 Å². The highest BCUT2D eigenvalue weighted by Gasteiger charge is 2.20. The average molecular weight is 258 g/mol. The van der Waals surface area contributed by atoms with Crippen molar-refractivity contribution in [2.45, 2.75) is 20.4 Å². The van der Waals surface area contributed by atoms with Gasteiger partial charge in [0.25, 0.3) is 0 Å². The van der Waals surface area contributed by atoms with Gasteiger partial charge in [-0.3, -0.25) is 13.9 Å². The molecule has 96 valence electrons. The first kappa shape index (κ1) is 11.5. The van der Waals surface area contributed by atoms with Gasteiger partial charge >= 0.3 is 5.69 Å². The second kappa shape index (κ2) is 3.94. The fraction of sp³-hybridized carbons (Fsp3) is 0.273. The van der Waals surface area contributed by atoms with Gasteiger partial charge < -0.3 is 0 Å². The van der Waals surface area contributed by atoms with E-state index in [9.17, 15) is 9.59 Å². The largest absolute Gasteiger partial charge is 0.349 e. The molecule has 8 nitrogen and oxygen atoms in total. The van der Waals surface area contributed by atoms with Crippen LogP contribution < -0.4 is 5.69 Å². The molecule has 0 N–H and O–H groups in total. The normalized spacial score (nSPS) is 11.3. The van der Waals surface area contributed by atoms with Crippen LogP contribution in [0.3, 0.4) is 0 Å². The molecule has 3 heterocycles. The first-order valence-electron chi connectivity index (χ1n) is 5.73. The van der Waals surface area contributed by atoms with E-state index in [4.69, 9.17) is 0 Å². The van der Waals surface area contributed by atoms with Gasteiger partial charge in [-0.15, -0.1) is 0 Å². The molecule has 0 radical (unpaired) electrons. The van der Waals surface area contributed by atoms with Crippen molar-refractivity contribution in [2.24, 2.45) is 0 Å². The third-order valence-electron chi connectivity index (χ3n) is 2.89. The van der Waals surface area contributed by atoms with Gasteiger partial charge in [-0.05, 0) is 6.92 Å². The monoisotopic (exact) mass is 258 g/mol. The standard InChI is InChI=1S/C11H10N6O2/c1-3-16-10-8(15-11(16)19)7-9(12-4-13-10)17(5-14-7)6(2)18/h4-5H,3H2,1-2H3. The number of fused-ring (bicyclic) bond motifs is 3. The summed E-state index contributed by atoms with van der Waals surface area (Å²) >= 11 is 0. The summed E-state index contributed by atoms with van der Waals surface area (Å²) in [5, 5.41) is 0. The Morgan fingerprint density at radius 1 is 1.32 bits per heavy atom. The smallest absolute Gasteiger partial charge is 0.275 e. The van der Waals surface area contributed by atoms with E-state index < -0.39 is 0 Å². The first-order valence-corrected chi connectivity index (χ1v) is 5.73. The topological polar surface area (TPSA) is 95.6 Å². The minimum atomic E-state index is -0.380. The lowest BCUT2D eigenvalue weighted by Gasteiger charge is -1.96. The highest BCUT2D eigenvalue weighted by Crippen LogP contribution is 2.22. The van der Waals surface area contributed by atoms with Crippen molar-refractivity contribution in [2.75, 3.05) is 0 Å². The maximum absolute atomic E-state index is 11.7. The Morgan fingerprint density at radius 2 is 2.11 bits per heavy atom. The van der Waals surface area contributed by atoms with Crippen LogP contribution in [0, 0.1) is 0 Å². The number of imidazole rings is 2. The van der Waals surface area contributed by atoms with E-state index in [1.807, 2.05) is 6.92 Å². The summed E-state index contributed by atoms with van der Waals surface area (Å²) in [6, 6.07) is 0. The van der Waals surface area contributed by atoms with E-state index >= 15 is 0 Å². The van der Waals surface area contributed by atoms with Gasteiger partial charge in [-0.1, -0.05) is 0 Å². The molecule has 3 rings (SSSR count). The third kappa shape index (κ3) is 1.53. The van der Waals surface area contributed by atoms with Crippen molar-refractivity contribution >= 4 is 17.1 Å². The Hall–Kier alpha value is -2.64. The second-order valence-corrected chi connectivity index (χ2v) is 3.99. The first-order chi connectivity index (χ1) is 9.13. The lowest BCUT2D eigenvalue weighted by molar-refractivity contribution is 0.0940. The molecule has 0 spiro atoms. The summed E-state index contributed by atoms with van der Waals surface area (Å²) in [6.07, 6.45) is 2.67. The van der Waals surface area contributed by atoms with E-state index in [2.05, 4.69) is 19.9 Å². The number of carbonyl (C=O) groups is 1. The van der Waals surface area contributed by atoms with Crippen molar-refractivity contribution in [1.82, 2.24) is 29.1 Å². The average Bonchev–Trinajstić information content (AvgIpc) is 2.87. The molecular weight excluding hydrogens is 248 g/mol. The molecule has 0 bridgehead atoms. The van der Waals surface area contributed by atoms with Gasteiger partial charge in [0, 0.05) is 13.5 Å². The number of hydrogen-bond donors (Lipinski definition) is 0. The van der Waals surface area contributed by atoms with E-state index in [1.165, 1.54) is 28.7 Å². The Balaban J connectivity index is 2.46. The van der Waals surface area contributed by atoms with Crippen molar-refractivity contribution < 1.29 is 4.79 Å². The molecule has 8 heteroatoms. The van der Waals surface area contributed by atoms with Gasteiger partial charge in [0.2, 0.25) is 5.91 Å². The Labute approximate surface area is 107 Å². The van der Waals surface area contributed by atoms with Crippen molar-refractivity contribution in [1.29, 1.82) is 0 Å². The molecule has 0 unspecified atom stereocenters. The summed E-state index contributed by atoms with van der Waals surface area (Å²) in [4.78, 5) is 39.5. The molecule has 0 aliphatic carbocycles. The lowest BCUT2D eigenvalue weighted by Crippen LogP contribution is -2.15. The highest BCUT2D eigenvalue weighted by molar-refractivity contribution is 5.92. The van der Waals surface area contributed by atoms with Gasteiger partial charge in [0.15, 0.2) is 11.5 Å². The molecule has 0 fully saturated rings. The molecule has 2 aliphatic heterocycles. The van der Waals surface area contributed by atoms with Crippen LogP contribution in [0.4, 0.5) is 0 Å². The van der Waals surface area contributed by atoms with E-state index in [1.54, 1.807) is 0 Å². The lowest BCUT2D eigenvalue weighted by atomic mass is 10.3. The second-order valence-electron chi connectivity index (χ2n) is 3.99. The van der Waals surface area contributed by atoms with Crippen LogP contribution in [0.1, 0.15) is 18.6 Å². The van der Waals surface area contributed by atoms with Crippen LogP contribution in [0.25, 0.3) is 22.7 Å². The molecule has 0 amide bonds. The number of rotatable bonds is 1. The minimum Gasteiger partial charge on any atom is -0.275 e. The number of aromatic nitrogens is 6. The van der Waals surface area contributed by atoms with Gasteiger partial charge in [0.1, 0.15) is 23.9 Å². The highest BCUT2D eigenvalue weighted by atomic mass is 16.2. The molecule has 2 aliphatic rings. The van der Waals surface area contributed by atoms with Gasteiger partial charge in [0.05, 0.1) is 0 Å². The molecule has 1 aromatic rings. The molecule has 0 saturated carbocycles. The zero-order valence-electron chi connectivity index (χ0n) is 10.4. The molecule has 1 aromatic heterocycles. The van der Waals surface area contributed by atoms with Crippen molar-refractivity contribution in [3.8, 4) is 11.5 Å². The van der Waals surface area contributed by atoms with Crippen molar-refractivity contribution in [3.05, 3.63) is 23.1 Å². The minimum absolute atomic E-state index is 0.216. The molecule has 0 aromatic carbocycles. The number of hydrogen-bond acceptors (Lipinski definition) is 6. The quantitative estimate of drug-likeness (QED) is 0.617. The maximum atomic E-state index is 11.7. The fourth-order valence-electron chi connectivity index (χ4n) is 2.00. The molecule has 0 atom stereocenters. The van der Waals surface area contributed by atoms with E-state index in [-0.39, 0.29) is 11.6 Å². The van der Waals surface area contributed by atoms with Crippen LogP contribution in [-0.2, 0) is 6.54 Å². The van der Waals surface area contributed by atoms with Crippen LogP contribution in [0.5, 0.6) is 0 Å². The Morgan fingerprint density at radius 3 is 2.79 bits per heavy atom. The van der Waals surface area contributed by atoms with Crippen LogP contribution in [0.2, 0.25) is 0 Å². The zero-order valence-corrected chi connectivity index (χ0v) is 10.4. The summed E-state index contributed by atoms with van der Waals surface area (Å²) in [5.74, 6) is 0.204. The van der Waals surface area contributed by atoms with Crippen LogP contribution in [-0.4, -0.2) is 35.0 Å². The van der Waals surface area contributed by atoms with E-state index in [0.717, 1.165) is 0 Å². The summed E-state index contributed by atoms with van der Waals surface area (Å²) < 4.78 is 2.73. The number of nitrogens with zero attached hydrogens (tertiary/aromatic N) is 6. The fourth-order valence-corrected chi connectivity index (χ4v) is 2.00. The van der Waals surface area contributed by atoms with Gasteiger partial charge in [-0.2, -0.15) is 4.98 Å². The summed E-state index contributed by atoms with van der Waals surface area (Å²) in [5.41, 5.74) is 0.719. The predicted octanol–water partition coefficient (Wildman–Crippen LogP) is 0.168. The molecule has 0 saturated heterocycles. The van der Waals surface area contributed by atoms with Crippen LogP contribution in [0.15, 0.2) is 17.4 Å². The molecule has 19 heavy (non-hydrogen) atoms. The SMILES string of the molecule is CCn1c2ncnc3c(ncn3C(C)=O)c-2nc1=O. The third-order valence-corrected chi connectivity index (χ3v) is 2.89. The maximum Gasteiger partial charge on any atom is 0.349 e. The predicted molar refractivity (Wildman–Crippen MR) is 66.0 cm³/mol. The van der Waals surface area contributed by atoms with E-state index in [0.29, 0.717) is 29.2 Å². The Bertz CT molecular complexity index is 818. The number of carbonyl (C=O) groups excluding carboxylic acids is 1. The Kier molecular flexibility index (Phi) is 2.37.